The molecule has 2 aromatic rings. The zero-order chi connectivity index (χ0) is 37.0. The van der Waals surface area contributed by atoms with Crippen molar-refractivity contribution < 1.29 is 39.0 Å². The molecule has 2 aromatic carbocycles. The summed E-state index contributed by atoms with van der Waals surface area (Å²) in [5.41, 5.74) is 6.76. The third-order valence-corrected chi connectivity index (χ3v) is 8.59. The standard InChI is InChI=1S/C35H49N7O8/c1-20(2)30-34(49)40-26(16-22-10-6-5-7-11-22)35(50)42(4)21(3)31(46)39-25(17-23-13-14-27(43)28(44)18-23)32(47)37-19-29(45)38-24(33(48)41-30)12-8-9-15-36/h5-7,10-11,13-14,18,20-21,24-26,30,43-44H,8-9,12,15-17,19,36H2,1-4H3,(H,37,47)(H,38,45)(H,39,46)(H,40,49)(H,41,48). The first-order valence-electron chi connectivity index (χ1n) is 16.7. The zero-order valence-electron chi connectivity index (χ0n) is 28.9. The maximum atomic E-state index is 14.0. The number of nitrogens with one attached hydrogen (secondary N) is 5. The van der Waals surface area contributed by atoms with E-state index in [2.05, 4.69) is 26.6 Å². The minimum atomic E-state index is -1.28. The molecule has 50 heavy (non-hydrogen) atoms. The lowest BCUT2D eigenvalue weighted by Crippen LogP contribution is -2.61. The Hall–Kier alpha value is -5.18. The third kappa shape index (κ3) is 11.2. The van der Waals surface area contributed by atoms with Crippen LogP contribution in [0.1, 0.15) is 51.2 Å². The van der Waals surface area contributed by atoms with E-state index >= 15 is 0 Å². The van der Waals surface area contributed by atoms with Crippen molar-refractivity contribution in [3.8, 4) is 11.5 Å². The van der Waals surface area contributed by atoms with Crippen LogP contribution in [0.4, 0.5) is 0 Å². The van der Waals surface area contributed by atoms with Gasteiger partial charge in [-0.2, -0.15) is 0 Å². The van der Waals surface area contributed by atoms with E-state index in [-0.39, 0.29) is 25.0 Å². The van der Waals surface area contributed by atoms with E-state index in [1.54, 1.807) is 38.1 Å². The normalized spacial score (nSPS) is 23.2. The third-order valence-electron chi connectivity index (χ3n) is 8.59. The highest BCUT2D eigenvalue weighted by molar-refractivity contribution is 5.97. The number of phenolic OH excluding ortho intramolecular Hbond substituents is 2. The van der Waals surface area contributed by atoms with E-state index in [0.29, 0.717) is 24.9 Å². The summed E-state index contributed by atoms with van der Waals surface area (Å²) < 4.78 is 0. The number of rotatable bonds is 9. The van der Waals surface area contributed by atoms with Crippen LogP contribution < -0.4 is 32.3 Å². The first-order chi connectivity index (χ1) is 23.7. The summed E-state index contributed by atoms with van der Waals surface area (Å²) in [6.07, 6.45) is 1.20. The van der Waals surface area contributed by atoms with Crippen molar-refractivity contribution in [2.75, 3.05) is 20.1 Å². The highest BCUT2D eigenvalue weighted by Crippen LogP contribution is 2.25. The molecule has 1 aliphatic heterocycles. The molecule has 15 heteroatoms. The number of likely N-dealkylation sites (N-methyl/N-ethyl adjacent to an activating group) is 1. The van der Waals surface area contributed by atoms with Crippen LogP contribution in [0.25, 0.3) is 0 Å². The van der Waals surface area contributed by atoms with Gasteiger partial charge in [0.25, 0.3) is 0 Å². The maximum absolute atomic E-state index is 14.0. The van der Waals surface area contributed by atoms with E-state index in [1.165, 1.54) is 32.2 Å². The van der Waals surface area contributed by atoms with E-state index in [0.717, 1.165) is 10.5 Å². The number of carbonyl (C=O) groups is 6. The summed E-state index contributed by atoms with van der Waals surface area (Å²) >= 11 is 0. The Morgan fingerprint density at radius 1 is 0.760 bits per heavy atom. The zero-order valence-corrected chi connectivity index (χ0v) is 28.9. The van der Waals surface area contributed by atoms with Crippen LogP contribution in [0, 0.1) is 5.92 Å². The maximum Gasteiger partial charge on any atom is 0.245 e. The monoisotopic (exact) mass is 695 g/mol. The molecule has 0 aliphatic carbocycles. The van der Waals surface area contributed by atoms with E-state index < -0.39 is 83.9 Å². The van der Waals surface area contributed by atoms with Crippen LogP contribution in [-0.4, -0.2) is 101 Å². The minimum absolute atomic E-state index is 0.0794. The molecular weight excluding hydrogens is 646 g/mol. The van der Waals surface area contributed by atoms with Crippen LogP contribution in [0.15, 0.2) is 48.5 Å². The number of amides is 6. The van der Waals surface area contributed by atoms with Crippen LogP contribution >= 0.6 is 0 Å². The van der Waals surface area contributed by atoms with Crippen LogP contribution in [0.3, 0.4) is 0 Å². The summed E-state index contributed by atoms with van der Waals surface area (Å²) in [6.45, 7) is 4.75. The predicted molar refractivity (Wildman–Crippen MR) is 184 cm³/mol. The Kier molecular flexibility index (Phi) is 14.6. The van der Waals surface area contributed by atoms with Crippen LogP contribution in [0.5, 0.6) is 11.5 Å². The lowest BCUT2D eigenvalue weighted by atomic mass is 9.99. The highest BCUT2D eigenvalue weighted by atomic mass is 16.3. The lowest BCUT2D eigenvalue weighted by molar-refractivity contribution is -0.142. The number of unbranched alkanes of at least 4 members (excludes halogenated alkanes) is 1. The summed E-state index contributed by atoms with van der Waals surface area (Å²) in [6, 6.07) is 7.21. The largest absolute Gasteiger partial charge is 0.504 e. The number of nitrogens with two attached hydrogens (primary N) is 1. The molecule has 1 aliphatic rings. The smallest absolute Gasteiger partial charge is 0.245 e. The molecule has 5 unspecified atom stereocenters. The Morgan fingerprint density at radius 2 is 1.42 bits per heavy atom. The molecule has 1 saturated heterocycles. The Labute approximate surface area is 291 Å². The van der Waals surface area contributed by atoms with Crippen LogP contribution in [-0.2, 0) is 41.6 Å². The van der Waals surface area contributed by atoms with Crippen molar-refractivity contribution in [3.63, 3.8) is 0 Å². The molecule has 9 N–H and O–H groups in total. The van der Waals surface area contributed by atoms with Gasteiger partial charge in [-0.3, -0.25) is 28.8 Å². The van der Waals surface area contributed by atoms with Gasteiger partial charge in [0.05, 0.1) is 6.54 Å². The lowest BCUT2D eigenvalue weighted by Gasteiger charge is -2.32. The molecule has 15 nitrogen and oxygen atoms in total. The van der Waals surface area contributed by atoms with Crippen molar-refractivity contribution in [3.05, 3.63) is 59.7 Å². The van der Waals surface area contributed by atoms with E-state index in [1.807, 2.05) is 6.07 Å². The van der Waals surface area contributed by atoms with Gasteiger partial charge in [0.15, 0.2) is 11.5 Å². The first-order valence-corrected chi connectivity index (χ1v) is 16.7. The molecule has 0 radical (unpaired) electrons. The topological polar surface area (TPSA) is 232 Å². The fourth-order valence-electron chi connectivity index (χ4n) is 5.44. The second-order valence-electron chi connectivity index (χ2n) is 12.8. The fraction of sp³-hybridized carbons (Fsp3) is 0.486. The number of hydrogen-bond acceptors (Lipinski definition) is 9. The first kappa shape index (κ1) is 39.3. The van der Waals surface area contributed by atoms with Gasteiger partial charge in [-0.1, -0.05) is 50.2 Å². The molecule has 0 aromatic heterocycles. The van der Waals surface area contributed by atoms with Gasteiger partial charge in [0.1, 0.15) is 30.2 Å². The quantitative estimate of drug-likeness (QED) is 0.126. The molecule has 5 atom stereocenters. The molecule has 0 spiro atoms. The number of carbonyl (C=O) groups excluding carboxylic acids is 6. The Bertz CT molecular complexity index is 1520. The summed E-state index contributed by atoms with van der Waals surface area (Å²) in [5, 5.41) is 33.0. The number of hydrogen-bond donors (Lipinski definition) is 8. The molecule has 6 amide bonds. The number of nitrogens with zero attached hydrogens (tertiary/aromatic N) is 1. The van der Waals surface area contributed by atoms with Crippen molar-refractivity contribution in [1.29, 1.82) is 0 Å². The summed E-state index contributed by atoms with van der Waals surface area (Å²) in [7, 11) is 1.40. The van der Waals surface area contributed by atoms with Crippen molar-refractivity contribution in [2.45, 2.75) is 83.1 Å². The molecule has 0 bridgehead atoms. The van der Waals surface area contributed by atoms with Gasteiger partial charge < -0.3 is 47.4 Å². The van der Waals surface area contributed by atoms with E-state index in [9.17, 15) is 39.0 Å². The van der Waals surface area contributed by atoms with Gasteiger partial charge >= 0.3 is 0 Å². The number of aromatic hydroxyl groups is 2. The SMILES string of the molecule is CC(C)C1NC(=O)C(CCCCN)NC(=O)CNC(=O)C(Cc2ccc(O)c(O)c2)NC(=O)C(C)N(C)C(=O)C(Cc2ccccc2)NC1=O. The van der Waals surface area contributed by atoms with Crippen molar-refractivity contribution >= 4 is 35.4 Å². The molecular formula is C35H49N7O8. The Morgan fingerprint density at radius 3 is 2.06 bits per heavy atom. The summed E-state index contributed by atoms with van der Waals surface area (Å²) in [5.74, 6) is -5.18. The predicted octanol–water partition coefficient (Wildman–Crippen LogP) is -0.416. The molecule has 1 fully saturated rings. The van der Waals surface area contributed by atoms with Crippen LogP contribution in [0.2, 0.25) is 0 Å². The average molecular weight is 696 g/mol. The molecule has 0 saturated carbocycles. The molecule has 272 valence electrons. The molecule has 3 rings (SSSR count). The minimum Gasteiger partial charge on any atom is -0.504 e. The van der Waals surface area contributed by atoms with Gasteiger partial charge in [-0.15, -0.1) is 0 Å². The second kappa shape index (κ2) is 18.5. The average Bonchev–Trinajstić information content (AvgIpc) is 3.08. The van der Waals surface area contributed by atoms with Crippen molar-refractivity contribution in [1.82, 2.24) is 31.5 Å². The van der Waals surface area contributed by atoms with Gasteiger partial charge in [-0.05, 0) is 61.9 Å². The number of benzene rings is 2. The molecule has 1 heterocycles. The highest BCUT2D eigenvalue weighted by Gasteiger charge is 2.35. The Balaban J connectivity index is 2.02. The fourth-order valence-corrected chi connectivity index (χ4v) is 5.44. The van der Waals surface area contributed by atoms with E-state index in [4.69, 9.17) is 5.73 Å². The van der Waals surface area contributed by atoms with Gasteiger partial charge in [-0.25, -0.2) is 0 Å². The number of phenols is 2. The van der Waals surface area contributed by atoms with Crippen molar-refractivity contribution in [2.24, 2.45) is 11.7 Å². The van der Waals surface area contributed by atoms with Gasteiger partial charge in [0, 0.05) is 19.9 Å². The summed E-state index contributed by atoms with van der Waals surface area (Å²) in [4.78, 5) is 82.5. The van der Waals surface area contributed by atoms with Gasteiger partial charge in [0.2, 0.25) is 35.4 Å². The second-order valence-corrected chi connectivity index (χ2v) is 12.8.